The second-order valence-electron chi connectivity index (χ2n) is 6.71. The number of methoxy groups -OCH3 is 1. The van der Waals surface area contributed by atoms with Crippen LogP contribution in [0.2, 0.25) is 0 Å². The summed E-state index contributed by atoms with van der Waals surface area (Å²) in [5.74, 6) is 1.33. The Bertz CT molecular complexity index is 528. The predicted octanol–water partition coefficient (Wildman–Crippen LogP) is 3.81. The highest BCUT2D eigenvalue weighted by Gasteiger charge is 2.24. The van der Waals surface area contributed by atoms with Gasteiger partial charge in [0.2, 0.25) is 0 Å². The molecule has 0 spiro atoms. The lowest BCUT2D eigenvalue weighted by atomic mass is 10.1. The highest BCUT2D eigenvalue weighted by atomic mass is 32.2. The molecule has 0 aliphatic heterocycles. The SMILES string of the molecule is COC(=O)[C@H](CCSCCCc1ccccc1)NC(=O)OC(C)(C)C. The van der Waals surface area contributed by atoms with Crippen molar-refractivity contribution >= 4 is 23.8 Å². The van der Waals surface area contributed by atoms with Gasteiger partial charge in [0.05, 0.1) is 7.11 Å². The third-order valence-corrected chi connectivity index (χ3v) is 4.43. The first-order valence-electron chi connectivity index (χ1n) is 8.51. The molecule has 1 amide bonds. The molecule has 5 nitrogen and oxygen atoms in total. The molecule has 0 aliphatic carbocycles. The Labute approximate surface area is 154 Å². The van der Waals surface area contributed by atoms with Gasteiger partial charge in [0.25, 0.3) is 0 Å². The zero-order chi connectivity index (χ0) is 18.7. The molecule has 25 heavy (non-hydrogen) atoms. The molecule has 0 saturated heterocycles. The Kier molecular flexibility index (Phi) is 9.42. The fourth-order valence-electron chi connectivity index (χ4n) is 2.17. The molecule has 0 saturated carbocycles. The van der Waals surface area contributed by atoms with E-state index in [0.29, 0.717) is 6.42 Å². The Morgan fingerprint density at radius 1 is 1.16 bits per heavy atom. The molecule has 0 aromatic heterocycles. The molecule has 1 rings (SSSR count). The molecule has 140 valence electrons. The number of hydrogen-bond acceptors (Lipinski definition) is 5. The van der Waals surface area contributed by atoms with Crippen LogP contribution in [0.4, 0.5) is 4.79 Å². The van der Waals surface area contributed by atoms with Crippen LogP contribution >= 0.6 is 11.8 Å². The van der Waals surface area contributed by atoms with Crippen molar-refractivity contribution in [2.75, 3.05) is 18.6 Å². The van der Waals surface area contributed by atoms with Gasteiger partial charge in [-0.15, -0.1) is 0 Å². The lowest BCUT2D eigenvalue weighted by Crippen LogP contribution is -2.44. The molecule has 1 atom stereocenters. The number of alkyl carbamates (subject to hydrolysis) is 1. The summed E-state index contributed by atoms with van der Waals surface area (Å²) in [6.45, 7) is 5.34. The second-order valence-corrected chi connectivity index (χ2v) is 7.94. The molecular formula is C19H29NO4S. The molecule has 0 aliphatic rings. The number of ether oxygens (including phenoxy) is 2. The van der Waals surface area contributed by atoms with Gasteiger partial charge in [-0.05, 0) is 57.1 Å². The zero-order valence-electron chi connectivity index (χ0n) is 15.5. The van der Waals surface area contributed by atoms with E-state index in [0.717, 1.165) is 24.3 Å². The summed E-state index contributed by atoms with van der Waals surface area (Å²) in [6, 6.07) is 9.69. The molecule has 1 N–H and O–H groups in total. The molecule has 1 aromatic rings. The number of carbonyl (C=O) groups is 2. The van der Waals surface area contributed by atoms with Crippen molar-refractivity contribution in [2.24, 2.45) is 0 Å². The van der Waals surface area contributed by atoms with Crippen molar-refractivity contribution in [1.29, 1.82) is 0 Å². The standard InChI is InChI=1S/C19H29NO4S/c1-19(2,3)24-18(22)20-16(17(21)23-4)12-14-25-13-8-11-15-9-6-5-7-10-15/h5-7,9-10,16H,8,11-14H2,1-4H3,(H,20,22)/t16-/m0/s1. The van der Waals surface area contributed by atoms with Crippen LogP contribution in [0.25, 0.3) is 0 Å². The third kappa shape index (κ3) is 10.0. The normalized spacial score (nSPS) is 12.3. The van der Waals surface area contributed by atoms with Crippen molar-refractivity contribution in [3.8, 4) is 0 Å². The Hall–Kier alpha value is -1.69. The van der Waals surface area contributed by atoms with E-state index in [1.165, 1.54) is 12.7 Å². The molecule has 0 radical (unpaired) electrons. The monoisotopic (exact) mass is 367 g/mol. The van der Waals surface area contributed by atoms with E-state index in [2.05, 4.69) is 17.4 Å². The van der Waals surface area contributed by atoms with Gasteiger partial charge >= 0.3 is 12.1 Å². The lowest BCUT2D eigenvalue weighted by Gasteiger charge is -2.22. The Balaban J connectivity index is 2.28. The van der Waals surface area contributed by atoms with Gasteiger partial charge in [-0.25, -0.2) is 9.59 Å². The van der Waals surface area contributed by atoms with Crippen LogP contribution in [-0.2, 0) is 20.7 Å². The third-order valence-electron chi connectivity index (χ3n) is 3.32. The summed E-state index contributed by atoms with van der Waals surface area (Å²) in [5, 5.41) is 2.59. The number of thioether (sulfide) groups is 1. The lowest BCUT2D eigenvalue weighted by molar-refractivity contribution is -0.143. The highest BCUT2D eigenvalue weighted by Crippen LogP contribution is 2.12. The van der Waals surface area contributed by atoms with Gasteiger partial charge in [0.15, 0.2) is 0 Å². The maximum absolute atomic E-state index is 11.8. The Morgan fingerprint density at radius 2 is 1.84 bits per heavy atom. The van der Waals surface area contributed by atoms with Crippen molar-refractivity contribution in [1.82, 2.24) is 5.32 Å². The van der Waals surface area contributed by atoms with Crippen molar-refractivity contribution in [3.63, 3.8) is 0 Å². The fourth-order valence-corrected chi connectivity index (χ4v) is 3.12. The minimum absolute atomic E-state index is 0.448. The van der Waals surface area contributed by atoms with Crippen LogP contribution in [0.5, 0.6) is 0 Å². The van der Waals surface area contributed by atoms with Crippen LogP contribution in [0.15, 0.2) is 30.3 Å². The molecule has 1 aromatic carbocycles. The van der Waals surface area contributed by atoms with Crippen LogP contribution < -0.4 is 5.32 Å². The maximum Gasteiger partial charge on any atom is 0.408 e. The number of benzene rings is 1. The Morgan fingerprint density at radius 3 is 2.44 bits per heavy atom. The summed E-state index contributed by atoms with van der Waals surface area (Å²) < 4.78 is 9.95. The van der Waals surface area contributed by atoms with E-state index < -0.39 is 23.7 Å². The second kappa shape index (κ2) is 11.0. The van der Waals surface area contributed by atoms with E-state index in [-0.39, 0.29) is 0 Å². The van der Waals surface area contributed by atoms with Gasteiger partial charge in [-0.2, -0.15) is 11.8 Å². The predicted molar refractivity (Wildman–Crippen MR) is 102 cm³/mol. The molecule has 0 heterocycles. The summed E-state index contributed by atoms with van der Waals surface area (Å²) in [6.07, 6.45) is 2.04. The average molecular weight is 368 g/mol. The number of esters is 1. The topological polar surface area (TPSA) is 64.6 Å². The number of nitrogens with one attached hydrogen (secondary N) is 1. The van der Waals surface area contributed by atoms with Crippen molar-refractivity contribution in [2.45, 2.75) is 51.7 Å². The first-order valence-corrected chi connectivity index (χ1v) is 9.66. The highest BCUT2D eigenvalue weighted by molar-refractivity contribution is 7.99. The largest absolute Gasteiger partial charge is 0.467 e. The van der Waals surface area contributed by atoms with Crippen LogP contribution in [-0.4, -0.2) is 42.3 Å². The van der Waals surface area contributed by atoms with E-state index in [1.54, 1.807) is 32.5 Å². The fraction of sp³-hybridized carbons (Fsp3) is 0.579. The minimum atomic E-state index is -0.679. The van der Waals surface area contributed by atoms with Crippen LogP contribution in [0, 0.1) is 0 Å². The van der Waals surface area contributed by atoms with Gasteiger partial charge < -0.3 is 14.8 Å². The molecule has 0 unspecified atom stereocenters. The minimum Gasteiger partial charge on any atom is -0.467 e. The number of amides is 1. The molecule has 0 bridgehead atoms. The average Bonchev–Trinajstić information content (AvgIpc) is 2.55. The van der Waals surface area contributed by atoms with E-state index in [1.807, 2.05) is 18.2 Å². The first-order chi connectivity index (χ1) is 11.8. The number of rotatable bonds is 9. The van der Waals surface area contributed by atoms with Gasteiger partial charge in [0.1, 0.15) is 11.6 Å². The molecule has 0 fully saturated rings. The quantitative estimate of drug-likeness (QED) is 0.531. The zero-order valence-corrected chi connectivity index (χ0v) is 16.4. The number of carbonyl (C=O) groups excluding carboxylic acids is 2. The summed E-state index contributed by atoms with van der Waals surface area (Å²) in [4.78, 5) is 23.6. The smallest absolute Gasteiger partial charge is 0.408 e. The van der Waals surface area contributed by atoms with Crippen LogP contribution in [0.3, 0.4) is 0 Å². The van der Waals surface area contributed by atoms with Crippen molar-refractivity contribution in [3.05, 3.63) is 35.9 Å². The van der Waals surface area contributed by atoms with Gasteiger partial charge in [-0.1, -0.05) is 30.3 Å². The summed E-state index contributed by atoms with van der Waals surface area (Å²) in [5.41, 5.74) is 0.735. The van der Waals surface area contributed by atoms with E-state index in [9.17, 15) is 9.59 Å². The number of hydrogen-bond donors (Lipinski definition) is 1. The first kappa shape index (κ1) is 21.4. The molecular weight excluding hydrogens is 338 g/mol. The van der Waals surface area contributed by atoms with E-state index >= 15 is 0 Å². The van der Waals surface area contributed by atoms with Crippen LogP contribution in [0.1, 0.15) is 39.2 Å². The number of aryl methyl sites for hydroxylation is 1. The van der Waals surface area contributed by atoms with Gasteiger partial charge in [-0.3, -0.25) is 0 Å². The molecule has 6 heteroatoms. The van der Waals surface area contributed by atoms with E-state index in [4.69, 9.17) is 9.47 Å². The summed E-state index contributed by atoms with van der Waals surface area (Å²) >= 11 is 1.77. The maximum atomic E-state index is 11.8. The van der Waals surface area contributed by atoms with Crippen molar-refractivity contribution < 1.29 is 19.1 Å². The van der Waals surface area contributed by atoms with Gasteiger partial charge in [0, 0.05) is 0 Å². The summed E-state index contributed by atoms with van der Waals surface area (Å²) in [7, 11) is 1.32.